The van der Waals surface area contributed by atoms with E-state index in [0.29, 0.717) is 48.1 Å². The molecule has 35 heavy (non-hydrogen) atoms. The lowest BCUT2D eigenvalue weighted by Gasteiger charge is -2.29. The number of likely N-dealkylation sites (N-methyl/N-ethyl adjacent to an activating group) is 1. The highest BCUT2D eigenvalue weighted by Crippen LogP contribution is 2.45. The Labute approximate surface area is 206 Å². The van der Waals surface area contributed by atoms with Crippen LogP contribution in [-0.2, 0) is 9.59 Å². The van der Waals surface area contributed by atoms with Crippen LogP contribution in [0.15, 0.2) is 48.0 Å². The van der Waals surface area contributed by atoms with Crippen molar-refractivity contribution in [2.45, 2.75) is 26.8 Å². The molecule has 1 atom stereocenters. The molecule has 1 amide bonds. The zero-order chi connectivity index (χ0) is 25.5. The number of amides is 1. The number of nitrogens with zero attached hydrogens (tertiary/aromatic N) is 2. The number of para-hydroxylation sites is 1. The molecular weight excluding hydrogens is 448 g/mol. The first kappa shape index (κ1) is 26.1. The van der Waals surface area contributed by atoms with Crippen molar-refractivity contribution in [1.29, 1.82) is 0 Å². The summed E-state index contributed by atoms with van der Waals surface area (Å²) in [6.45, 7) is 8.95. The largest absolute Gasteiger partial charge is 0.507 e. The Hall–Kier alpha value is -3.52. The lowest BCUT2D eigenvalue weighted by Crippen LogP contribution is -2.38. The molecule has 0 bridgehead atoms. The zero-order valence-electron chi connectivity index (χ0n) is 21.0. The highest BCUT2D eigenvalue weighted by molar-refractivity contribution is 6.46. The summed E-state index contributed by atoms with van der Waals surface area (Å²) in [4.78, 5) is 30.3. The zero-order valence-corrected chi connectivity index (χ0v) is 21.0. The van der Waals surface area contributed by atoms with E-state index in [4.69, 9.17) is 14.2 Å². The van der Waals surface area contributed by atoms with Crippen LogP contribution >= 0.6 is 0 Å². The van der Waals surface area contributed by atoms with E-state index in [-0.39, 0.29) is 11.3 Å². The number of aliphatic hydroxyl groups excluding tert-OH is 1. The summed E-state index contributed by atoms with van der Waals surface area (Å²) < 4.78 is 16.7. The first-order valence-corrected chi connectivity index (χ1v) is 11.9. The number of carbonyl (C=O) groups excluding carboxylic acids is 2. The van der Waals surface area contributed by atoms with Crippen molar-refractivity contribution in [2.24, 2.45) is 0 Å². The molecule has 1 N–H and O–H groups in total. The maximum atomic E-state index is 13.3. The van der Waals surface area contributed by atoms with Gasteiger partial charge in [0.2, 0.25) is 0 Å². The van der Waals surface area contributed by atoms with E-state index in [1.807, 2.05) is 20.8 Å². The molecule has 1 aliphatic heterocycles. The number of ether oxygens (including phenoxy) is 3. The average Bonchev–Trinajstić information content (AvgIpc) is 3.13. The predicted molar refractivity (Wildman–Crippen MR) is 134 cm³/mol. The first-order chi connectivity index (χ1) is 16.9. The van der Waals surface area contributed by atoms with E-state index in [0.717, 1.165) is 13.1 Å². The molecule has 0 aliphatic carbocycles. The van der Waals surface area contributed by atoms with Crippen LogP contribution in [0, 0.1) is 0 Å². The molecular formula is C27H34N2O6. The van der Waals surface area contributed by atoms with Gasteiger partial charge < -0.3 is 29.1 Å². The second-order valence-electron chi connectivity index (χ2n) is 8.06. The Balaban J connectivity index is 2.20. The number of hydrogen-bond acceptors (Lipinski definition) is 7. The van der Waals surface area contributed by atoms with Crippen molar-refractivity contribution in [2.75, 3.05) is 47.0 Å². The fourth-order valence-electron chi connectivity index (χ4n) is 4.41. The summed E-state index contributed by atoms with van der Waals surface area (Å²) in [6.07, 6.45) is 0. The van der Waals surface area contributed by atoms with Gasteiger partial charge in [-0.25, -0.2) is 0 Å². The topological polar surface area (TPSA) is 88.5 Å². The van der Waals surface area contributed by atoms with Gasteiger partial charge in [0.05, 0.1) is 32.4 Å². The molecule has 3 rings (SSSR count). The van der Waals surface area contributed by atoms with Crippen LogP contribution in [0.1, 0.15) is 37.9 Å². The summed E-state index contributed by atoms with van der Waals surface area (Å²) >= 11 is 0. The van der Waals surface area contributed by atoms with Crippen LogP contribution in [0.25, 0.3) is 5.76 Å². The van der Waals surface area contributed by atoms with E-state index in [1.165, 1.54) is 19.1 Å². The summed E-state index contributed by atoms with van der Waals surface area (Å²) in [6, 6.07) is 11.3. The molecule has 1 saturated heterocycles. The van der Waals surface area contributed by atoms with E-state index < -0.39 is 17.7 Å². The van der Waals surface area contributed by atoms with Crippen LogP contribution in [0.3, 0.4) is 0 Å². The Morgan fingerprint density at radius 1 is 1.03 bits per heavy atom. The average molecular weight is 483 g/mol. The number of Topliss-reactive ketones (excluding diaryl/α,β-unsaturated/α-hetero) is 1. The van der Waals surface area contributed by atoms with Crippen molar-refractivity contribution in [1.82, 2.24) is 9.80 Å². The number of benzene rings is 2. The highest BCUT2D eigenvalue weighted by Gasteiger charge is 2.47. The van der Waals surface area contributed by atoms with Gasteiger partial charge in [-0.2, -0.15) is 0 Å². The van der Waals surface area contributed by atoms with Crippen LogP contribution < -0.4 is 14.2 Å². The number of hydrogen-bond donors (Lipinski definition) is 1. The van der Waals surface area contributed by atoms with Crippen molar-refractivity contribution in [3.8, 4) is 17.2 Å². The Morgan fingerprint density at radius 2 is 1.74 bits per heavy atom. The number of aliphatic hydroxyl groups is 1. The van der Waals surface area contributed by atoms with Crippen molar-refractivity contribution in [3.63, 3.8) is 0 Å². The quantitative estimate of drug-likeness (QED) is 0.296. The van der Waals surface area contributed by atoms with Crippen molar-refractivity contribution < 1.29 is 28.9 Å². The normalized spacial score (nSPS) is 17.2. The van der Waals surface area contributed by atoms with Gasteiger partial charge in [-0.3, -0.25) is 9.59 Å². The van der Waals surface area contributed by atoms with Gasteiger partial charge >= 0.3 is 0 Å². The molecule has 0 aromatic heterocycles. The van der Waals surface area contributed by atoms with Gasteiger partial charge in [0.1, 0.15) is 11.5 Å². The van der Waals surface area contributed by atoms with Gasteiger partial charge in [0.15, 0.2) is 11.5 Å². The van der Waals surface area contributed by atoms with Gasteiger partial charge in [-0.1, -0.05) is 38.1 Å². The van der Waals surface area contributed by atoms with Gasteiger partial charge in [0.25, 0.3) is 11.7 Å². The number of ketones is 1. The van der Waals surface area contributed by atoms with E-state index >= 15 is 0 Å². The number of rotatable bonds is 11. The van der Waals surface area contributed by atoms with Gasteiger partial charge in [0, 0.05) is 24.2 Å². The second-order valence-corrected chi connectivity index (χ2v) is 8.06. The van der Waals surface area contributed by atoms with Gasteiger partial charge in [-0.15, -0.1) is 0 Å². The van der Waals surface area contributed by atoms with Crippen LogP contribution in [0.4, 0.5) is 0 Å². The Bertz CT molecular complexity index is 1090. The fraction of sp³-hybridized carbons (Fsp3) is 0.407. The molecule has 1 heterocycles. The maximum Gasteiger partial charge on any atom is 0.295 e. The second kappa shape index (κ2) is 11.8. The van der Waals surface area contributed by atoms with Crippen LogP contribution in [0.5, 0.6) is 17.2 Å². The third-order valence-electron chi connectivity index (χ3n) is 6.24. The minimum Gasteiger partial charge on any atom is -0.507 e. The molecule has 0 spiro atoms. The van der Waals surface area contributed by atoms with Crippen LogP contribution in [-0.4, -0.2) is 73.6 Å². The van der Waals surface area contributed by atoms with Crippen molar-refractivity contribution >= 4 is 17.4 Å². The highest BCUT2D eigenvalue weighted by atomic mass is 16.5. The molecule has 1 unspecified atom stereocenters. The van der Waals surface area contributed by atoms with Crippen molar-refractivity contribution in [3.05, 3.63) is 59.2 Å². The summed E-state index contributed by atoms with van der Waals surface area (Å²) in [7, 11) is 3.03. The molecule has 188 valence electrons. The third-order valence-corrected chi connectivity index (χ3v) is 6.24. The third kappa shape index (κ3) is 5.27. The Morgan fingerprint density at radius 3 is 2.37 bits per heavy atom. The molecule has 2 aromatic rings. The number of methoxy groups -OCH3 is 2. The minimum absolute atomic E-state index is 0.00903. The molecule has 1 aliphatic rings. The molecule has 0 saturated carbocycles. The predicted octanol–water partition coefficient (Wildman–Crippen LogP) is 3.87. The monoisotopic (exact) mass is 482 g/mol. The lowest BCUT2D eigenvalue weighted by molar-refractivity contribution is -0.140. The molecule has 2 aromatic carbocycles. The summed E-state index contributed by atoms with van der Waals surface area (Å²) in [5, 5.41) is 11.4. The molecule has 1 fully saturated rings. The van der Waals surface area contributed by atoms with E-state index in [2.05, 4.69) is 4.90 Å². The molecule has 8 nitrogen and oxygen atoms in total. The van der Waals surface area contributed by atoms with Gasteiger partial charge in [-0.05, 0) is 38.2 Å². The fourth-order valence-corrected chi connectivity index (χ4v) is 4.41. The minimum atomic E-state index is -0.841. The molecule has 0 radical (unpaired) electrons. The smallest absolute Gasteiger partial charge is 0.295 e. The molecule has 8 heteroatoms. The standard InChI is InChI=1S/C27H34N2O6/c1-6-28(7-2)15-16-29-23(20-13-10-14-21(33-4)26(20)34-5)22(25(31)27(29)32)24(30)18-11-9-12-19(17-18)35-8-3/h9-14,17,23,30H,6-8,15-16H2,1-5H3/b24-22+. The van der Waals surface area contributed by atoms with E-state index in [9.17, 15) is 14.7 Å². The summed E-state index contributed by atoms with van der Waals surface area (Å²) in [5.74, 6) is -0.220. The van der Waals surface area contributed by atoms with E-state index in [1.54, 1.807) is 42.5 Å². The number of likely N-dealkylation sites (tertiary alicyclic amines) is 1. The van der Waals surface area contributed by atoms with Crippen LogP contribution in [0.2, 0.25) is 0 Å². The number of carbonyl (C=O) groups is 2. The lowest BCUT2D eigenvalue weighted by atomic mass is 9.94. The first-order valence-electron chi connectivity index (χ1n) is 11.9. The summed E-state index contributed by atoms with van der Waals surface area (Å²) in [5.41, 5.74) is 0.965. The maximum absolute atomic E-state index is 13.3. The Kier molecular flexibility index (Phi) is 8.76. The SMILES string of the molecule is CCOc1cccc(/C(O)=C2\C(=O)C(=O)N(CCN(CC)CC)C2c2cccc(OC)c2OC)c1.